The number of carbonyl (C=O) groups is 1. The van der Waals surface area contributed by atoms with Gasteiger partial charge >= 0.3 is 0 Å². The molecule has 4 heteroatoms. The minimum Gasteiger partial charge on any atom is -0.475 e. The summed E-state index contributed by atoms with van der Waals surface area (Å²) in [6, 6.07) is 3.38. The number of carbonyl (C=O) groups excluding carboxylic acids is 1. The van der Waals surface area contributed by atoms with Gasteiger partial charge in [0.2, 0.25) is 5.88 Å². The van der Waals surface area contributed by atoms with Crippen LogP contribution in [0.2, 0.25) is 0 Å². The van der Waals surface area contributed by atoms with E-state index >= 15 is 0 Å². The van der Waals surface area contributed by atoms with Crippen molar-refractivity contribution in [1.82, 2.24) is 4.98 Å². The molecule has 1 unspecified atom stereocenters. The minimum atomic E-state index is 0.192. The molecule has 0 amide bonds. The summed E-state index contributed by atoms with van der Waals surface area (Å²) in [4.78, 5) is 14.4. The summed E-state index contributed by atoms with van der Waals surface area (Å²) in [6.07, 6.45) is 4.60. The molecule has 2 heterocycles. The average molecular weight is 207 g/mol. The molecule has 1 fully saturated rings. The fourth-order valence-electron chi connectivity index (χ4n) is 1.50. The van der Waals surface area contributed by atoms with Gasteiger partial charge in [-0.2, -0.15) is 0 Å². The summed E-state index contributed by atoms with van der Waals surface area (Å²) in [6.45, 7) is 1.36. The van der Waals surface area contributed by atoms with Gasteiger partial charge in [-0.3, -0.25) is 4.79 Å². The van der Waals surface area contributed by atoms with E-state index in [-0.39, 0.29) is 6.10 Å². The third kappa shape index (κ3) is 2.76. The molecule has 4 nitrogen and oxygen atoms in total. The third-order valence-electron chi connectivity index (χ3n) is 2.34. The Morgan fingerprint density at radius 2 is 2.53 bits per heavy atom. The predicted molar refractivity (Wildman–Crippen MR) is 54.1 cm³/mol. The highest BCUT2D eigenvalue weighted by atomic mass is 16.5. The van der Waals surface area contributed by atoms with E-state index in [9.17, 15) is 4.79 Å². The van der Waals surface area contributed by atoms with Crippen LogP contribution in [0.5, 0.6) is 5.88 Å². The predicted octanol–water partition coefficient (Wildman–Crippen LogP) is 1.45. The van der Waals surface area contributed by atoms with Gasteiger partial charge in [0.05, 0.1) is 6.10 Å². The van der Waals surface area contributed by atoms with Crippen LogP contribution in [-0.2, 0) is 4.74 Å². The Kier molecular flexibility index (Phi) is 3.29. The van der Waals surface area contributed by atoms with E-state index in [1.165, 1.54) is 6.20 Å². The first-order chi connectivity index (χ1) is 7.38. The fraction of sp³-hybridized carbons (Fsp3) is 0.455. The third-order valence-corrected chi connectivity index (χ3v) is 2.34. The molecule has 1 aromatic heterocycles. The molecule has 0 spiro atoms. The first-order valence-electron chi connectivity index (χ1n) is 5.04. The van der Waals surface area contributed by atoms with Crippen molar-refractivity contribution >= 4 is 6.29 Å². The van der Waals surface area contributed by atoms with Crippen molar-refractivity contribution in [2.24, 2.45) is 0 Å². The van der Waals surface area contributed by atoms with Gasteiger partial charge in [-0.1, -0.05) is 0 Å². The second-order valence-corrected chi connectivity index (χ2v) is 3.49. The lowest BCUT2D eigenvalue weighted by Crippen LogP contribution is -2.16. The van der Waals surface area contributed by atoms with E-state index in [0.717, 1.165) is 25.7 Å². The number of aldehydes is 1. The summed E-state index contributed by atoms with van der Waals surface area (Å²) < 4.78 is 10.8. The van der Waals surface area contributed by atoms with Crippen LogP contribution in [0.15, 0.2) is 18.3 Å². The average Bonchev–Trinajstić information content (AvgIpc) is 2.80. The summed E-state index contributed by atoms with van der Waals surface area (Å²) in [5, 5.41) is 0. The van der Waals surface area contributed by atoms with Crippen LogP contribution in [0.3, 0.4) is 0 Å². The Hall–Kier alpha value is -1.42. The number of rotatable bonds is 4. The molecule has 1 aliphatic heterocycles. The molecule has 0 N–H and O–H groups in total. The number of aromatic nitrogens is 1. The van der Waals surface area contributed by atoms with Crippen molar-refractivity contribution in [2.45, 2.75) is 18.9 Å². The lowest BCUT2D eigenvalue weighted by Gasteiger charge is -2.10. The number of hydrogen-bond acceptors (Lipinski definition) is 4. The van der Waals surface area contributed by atoms with Crippen LogP contribution in [0.1, 0.15) is 23.2 Å². The van der Waals surface area contributed by atoms with E-state index in [1.807, 2.05) is 0 Å². The normalized spacial score (nSPS) is 20.1. The van der Waals surface area contributed by atoms with Crippen molar-refractivity contribution in [2.75, 3.05) is 13.2 Å². The van der Waals surface area contributed by atoms with Crippen LogP contribution in [0.4, 0.5) is 0 Å². The maximum absolute atomic E-state index is 10.4. The molecule has 15 heavy (non-hydrogen) atoms. The van der Waals surface area contributed by atoms with Crippen LogP contribution < -0.4 is 4.74 Å². The standard InChI is InChI=1S/C11H13NO3/c13-7-9-3-4-11(12-6-9)15-8-10-2-1-5-14-10/h3-4,6-7,10H,1-2,5,8H2. The highest BCUT2D eigenvalue weighted by molar-refractivity contribution is 5.73. The zero-order valence-electron chi connectivity index (χ0n) is 8.39. The molecule has 0 radical (unpaired) electrons. The molecule has 2 rings (SSSR count). The van der Waals surface area contributed by atoms with Crippen LogP contribution in [-0.4, -0.2) is 30.6 Å². The van der Waals surface area contributed by atoms with E-state index in [4.69, 9.17) is 9.47 Å². The largest absolute Gasteiger partial charge is 0.475 e. The van der Waals surface area contributed by atoms with Gasteiger partial charge < -0.3 is 9.47 Å². The number of hydrogen-bond donors (Lipinski definition) is 0. The maximum atomic E-state index is 10.4. The van der Waals surface area contributed by atoms with Gasteiger partial charge in [0.15, 0.2) is 6.29 Å². The smallest absolute Gasteiger partial charge is 0.213 e. The quantitative estimate of drug-likeness (QED) is 0.701. The number of nitrogens with zero attached hydrogens (tertiary/aromatic N) is 1. The van der Waals surface area contributed by atoms with Crippen molar-refractivity contribution in [3.05, 3.63) is 23.9 Å². The summed E-state index contributed by atoms with van der Waals surface area (Å²) in [5.41, 5.74) is 0.555. The topological polar surface area (TPSA) is 48.4 Å². The lowest BCUT2D eigenvalue weighted by atomic mass is 10.2. The van der Waals surface area contributed by atoms with E-state index in [1.54, 1.807) is 12.1 Å². The molecular formula is C11H13NO3. The zero-order valence-corrected chi connectivity index (χ0v) is 8.39. The highest BCUT2D eigenvalue weighted by Crippen LogP contribution is 2.14. The Morgan fingerprint density at radius 3 is 3.13 bits per heavy atom. The number of pyridine rings is 1. The molecule has 1 aromatic rings. The first-order valence-corrected chi connectivity index (χ1v) is 5.04. The zero-order chi connectivity index (χ0) is 10.5. The molecule has 0 bridgehead atoms. The van der Waals surface area contributed by atoms with Crippen molar-refractivity contribution in [1.29, 1.82) is 0 Å². The SMILES string of the molecule is O=Cc1ccc(OCC2CCCO2)nc1. The highest BCUT2D eigenvalue weighted by Gasteiger charge is 2.15. The van der Waals surface area contributed by atoms with Crippen molar-refractivity contribution in [3.8, 4) is 5.88 Å². The Morgan fingerprint density at radius 1 is 1.60 bits per heavy atom. The Labute approximate surface area is 88.2 Å². The molecular weight excluding hydrogens is 194 g/mol. The van der Waals surface area contributed by atoms with Crippen LogP contribution in [0, 0.1) is 0 Å². The molecule has 1 aliphatic rings. The van der Waals surface area contributed by atoms with Crippen LogP contribution in [0.25, 0.3) is 0 Å². The van der Waals surface area contributed by atoms with Crippen LogP contribution >= 0.6 is 0 Å². The van der Waals surface area contributed by atoms with Gasteiger partial charge in [0, 0.05) is 24.4 Å². The van der Waals surface area contributed by atoms with Crippen molar-refractivity contribution < 1.29 is 14.3 Å². The molecule has 0 saturated carbocycles. The van der Waals surface area contributed by atoms with E-state index in [2.05, 4.69) is 4.98 Å². The van der Waals surface area contributed by atoms with E-state index < -0.39 is 0 Å². The molecule has 0 aromatic carbocycles. The monoisotopic (exact) mass is 207 g/mol. The first kappa shape index (κ1) is 10.1. The summed E-state index contributed by atoms with van der Waals surface area (Å²) in [7, 11) is 0. The lowest BCUT2D eigenvalue weighted by molar-refractivity contribution is 0.0663. The second-order valence-electron chi connectivity index (χ2n) is 3.49. The Bertz CT molecular complexity index is 317. The molecule has 1 saturated heterocycles. The van der Waals surface area contributed by atoms with Gasteiger partial charge in [0.25, 0.3) is 0 Å². The van der Waals surface area contributed by atoms with Gasteiger partial charge in [-0.25, -0.2) is 4.98 Å². The molecule has 0 aliphatic carbocycles. The van der Waals surface area contributed by atoms with Gasteiger partial charge in [-0.05, 0) is 18.9 Å². The maximum Gasteiger partial charge on any atom is 0.213 e. The summed E-state index contributed by atoms with van der Waals surface area (Å²) in [5.74, 6) is 0.538. The second kappa shape index (κ2) is 4.89. The number of ether oxygens (including phenoxy) is 2. The molecule has 1 atom stereocenters. The van der Waals surface area contributed by atoms with Gasteiger partial charge in [-0.15, -0.1) is 0 Å². The fourth-order valence-corrected chi connectivity index (χ4v) is 1.50. The van der Waals surface area contributed by atoms with Crippen molar-refractivity contribution in [3.63, 3.8) is 0 Å². The Balaban J connectivity index is 1.84. The summed E-state index contributed by atoms with van der Waals surface area (Å²) >= 11 is 0. The molecule has 80 valence electrons. The van der Waals surface area contributed by atoms with E-state index in [0.29, 0.717) is 18.1 Å². The van der Waals surface area contributed by atoms with Gasteiger partial charge in [0.1, 0.15) is 6.61 Å². The minimum absolute atomic E-state index is 0.192.